The largest absolute Gasteiger partial charge is 0.351 e. The molecule has 15 heavy (non-hydrogen) atoms. The van der Waals surface area contributed by atoms with Gasteiger partial charge in [0.1, 0.15) is 11.0 Å². The summed E-state index contributed by atoms with van der Waals surface area (Å²) in [6, 6.07) is 5.18. The minimum atomic E-state index is -0.117. The lowest BCUT2D eigenvalue weighted by molar-refractivity contribution is 0.0956. The molecule has 0 bridgehead atoms. The number of amides is 1. The number of aromatic amines is 1. The minimum Gasteiger partial charge on any atom is -0.351 e. The molecule has 0 aliphatic heterocycles. The van der Waals surface area contributed by atoms with E-state index in [1.54, 1.807) is 18.2 Å². The quantitative estimate of drug-likeness (QED) is 0.667. The van der Waals surface area contributed by atoms with Crippen LogP contribution in [0.3, 0.4) is 0 Å². The topological polar surface area (TPSA) is 70.7 Å². The Balaban J connectivity index is 2.23. The van der Waals surface area contributed by atoms with Gasteiger partial charge in [0.25, 0.3) is 5.91 Å². The molecule has 5 nitrogen and oxygen atoms in total. The third-order valence-corrected chi connectivity index (χ3v) is 2.20. The van der Waals surface area contributed by atoms with E-state index in [4.69, 9.17) is 0 Å². The SMILES string of the molecule is O=C(NCCS)c1ccc2n[nH]nc2c1. The highest BCUT2D eigenvalue weighted by Crippen LogP contribution is 2.10. The predicted molar refractivity (Wildman–Crippen MR) is 60.1 cm³/mol. The number of carbonyl (C=O) groups is 1. The summed E-state index contributed by atoms with van der Waals surface area (Å²) in [6.07, 6.45) is 0. The van der Waals surface area contributed by atoms with E-state index in [-0.39, 0.29) is 5.91 Å². The van der Waals surface area contributed by atoms with Crippen LogP contribution in [0.5, 0.6) is 0 Å². The van der Waals surface area contributed by atoms with Crippen LogP contribution in [0, 0.1) is 0 Å². The Labute approximate surface area is 91.7 Å². The van der Waals surface area contributed by atoms with Gasteiger partial charge in [0.05, 0.1) is 0 Å². The fraction of sp³-hybridized carbons (Fsp3) is 0.222. The molecule has 1 aromatic carbocycles. The van der Waals surface area contributed by atoms with Crippen molar-refractivity contribution in [2.45, 2.75) is 0 Å². The van der Waals surface area contributed by atoms with Crippen LogP contribution in [-0.4, -0.2) is 33.6 Å². The van der Waals surface area contributed by atoms with Gasteiger partial charge in [-0.25, -0.2) is 0 Å². The van der Waals surface area contributed by atoms with Crippen molar-refractivity contribution in [1.29, 1.82) is 0 Å². The minimum absolute atomic E-state index is 0.117. The molecule has 0 saturated heterocycles. The molecule has 0 saturated carbocycles. The van der Waals surface area contributed by atoms with E-state index in [0.717, 1.165) is 5.52 Å². The van der Waals surface area contributed by atoms with Crippen molar-refractivity contribution in [1.82, 2.24) is 20.7 Å². The first kappa shape index (κ1) is 9.97. The first-order chi connectivity index (χ1) is 7.31. The number of fused-ring (bicyclic) bond motifs is 1. The predicted octanol–water partition coefficient (Wildman–Crippen LogP) is 0.617. The Morgan fingerprint density at radius 1 is 1.40 bits per heavy atom. The number of H-pyrrole nitrogens is 1. The fourth-order valence-electron chi connectivity index (χ4n) is 1.25. The maximum Gasteiger partial charge on any atom is 0.251 e. The summed E-state index contributed by atoms with van der Waals surface area (Å²) in [4.78, 5) is 11.6. The second-order valence-electron chi connectivity index (χ2n) is 3.01. The summed E-state index contributed by atoms with van der Waals surface area (Å²) in [5.74, 6) is 0.506. The van der Waals surface area contributed by atoms with Crippen LogP contribution >= 0.6 is 12.6 Å². The van der Waals surface area contributed by atoms with Crippen LogP contribution in [0.4, 0.5) is 0 Å². The molecular weight excluding hydrogens is 212 g/mol. The molecule has 1 aromatic heterocycles. The Morgan fingerprint density at radius 2 is 2.20 bits per heavy atom. The van der Waals surface area contributed by atoms with E-state index in [1.807, 2.05) is 0 Å². The summed E-state index contributed by atoms with van der Waals surface area (Å²) >= 11 is 4.01. The van der Waals surface area contributed by atoms with E-state index >= 15 is 0 Å². The number of thiol groups is 1. The van der Waals surface area contributed by atoms with Crippen molar-refractivity contribution < 1.29 is 4.79 Å². The number of hydrogen-bond acceptors (Lipinski definition) is 4. The van der Waals surface area contributed by atoms with Crippen molar-refractivity contribution in [3.05, 3.63) is 23.8 Å². The maximum atomic E-state index is 11.6. The summed E-state index contributed by atoms with van der Waals surface area (Å²) in [5.41, 5.74) is 2.02. The van der Waals surface area contributed by atoms with Crippen LogP contribution in [0.1, 0.15) is 10.4 Å². The molecule has 6 heteroatoms. The van der Waals surface area contributed by atoms with Gasteiger partial charge < -0.3 is 5.32 Å². The summed E-state index contributed by atoms with van der Waals surface area (Å²) < 4.78 is 0. The number of carbonyl (C=O) groups excluding carboxylic acids is 1. The third-order valence-electron chi connectivity index (χ3n) is 1.98. The summed E-state index contributed by atoms with van der Waals surface area (Å²) in [6.45, 7) is 0.554. The lowest BCUT2D eigenvalue weighted by atomic mass is 10.2. The molecule has 1 heterocycles. The third kappa shape index (κ3) is 2.10. The summed E-state index contributed by atoms with van der Waals surface area (Å²) in [7, 11) is 0. The zero-order valence-corrected chi connectivity index (χ0v) is 8.79. The molecule has 0 fully saturated rings. The van der Waals surface area contributed by atoms with Gasteiger partial charge in [0.15, 0.2) is 0 Å². The second kappa shape index (κ2) is 4.31. The second-order valence-corrected chi connectivity index (χ2v) is 3.45. The van der Waals surface area contributed by atoms with Gasteiger partial charge in [-0.2, -0.15) is 28.0 Å². The molecule has 0 atom stereocenters. The van der Waals surface area contributed by atoms with Gasteiger partial charge in [0, 0.05) is 17.9 Å². The van der Waals surface area contributed by atoms with Crippen LogP contribution in [0.25, 0.3) is 11.0 Å². The molecule has 0 unspecified atom stereocenters. The van der Waals surface area contributed by atoms with Crippen LogP contribution in [0.15, 0.2) is 18.2 Å². The molecule has 2 aromatic rings. The van der Waals surface area contributed by atoms with E-state index in [1.165, 1.54) is 0 Å². The Bertz CT molecular complexity index is 482. The van der Waals surface area contributed by atoms with Gasteiger partial charge in [-0.15, -0.1) is 0 Å². The smallest absolute Gasteiger partial charge is 0.251 e. The number of aromatic nitrogens is 3. The van der Waals surface area contributed by atoms with Crippen molar-refractivity contribution >= 4 is 29.6 Å². The van der Waals surface area contributed by atoms with Crippen LogP contribution in [0.2, 0.25) is 0 Å². The molecule has 0 aliphatic carbocycles. The van der Waals surface area contributed by atoms with E-state index in [0.29, 0.717) is 23.4 Å². The maximum absolute atomic E-state index is 11.6. The lowest BCUT2D eigenvalue weighted by Gasteiger charge is -2.02. The first-order valence-electron chi connectivity index (χ1n) is 4.51. The molecule has 2 rings (SSSR count). The number of nitrogens with one attached hydrogen (secondary N) is 2. The number of rotatable bonds is 3. The molecule has 0 radical (unpaired) electrons. The standard InChI is InChI=1S/C9H10N4OS/c14-9(10-3-4-15)6-1-2-7-8(5-6)12-13-11-7/h1-2,5,15H,3-4H2,(H,10,14)(H,11,12,13). The van der Waals surface area contributed by atoms with E-state index < -0.39 is 0 Å². The number of benzene rings is 1. The zero-order valence-electron chi connectivity index (χ0n) is 7.90. The summed E-state index contributed by atoms with van der Waals surface area (Å²) in [5, 5.41) is 13.0. The number of hydrogen-bond donors (Lipinski definition) is 3. The van der Waals surface area contributed by atoms with Crippen LogP contribution < -0.4 is 5.32 Å². The lowest BCUT2D eigenvalue weighted by Crippen LogP contribution is -2.25. The van der Waals surface area contributed by atoms with Gasteiger partial charge in [-0.05, 0) is 18.2 Å². The monoisotopic (exact) mass is 222 g/mol. The fourth-order valence-corrected chi connectivity index (χ4v) is 1.36. The average Bonchev–Trinajstić information content (AvgIpc) is 2.72. The van der Waals surface area contributed by atoms with Gasteiger partial charge in [0.2, 0.25) is 0 Å². The zero-order chi connectivity index (χ0) is 10.7. The first-order valence-corrected chi connectivity index (χ1v) is 5.14. The average molecular weight is 222 g/mol. The molecular formula is C9H10N4OS. The molecule has 0 spiro atoms. The highest BCUT2D eigenvalue weighted by atomic mass is 32.1. The molecule has 0 aliphatic rings. The highest BCUT2D eigenvalue weighted by Gasteiger charge is 2.06. The van der Waals surface area contributed by atoms with Crippen molar-refractivity contribution in [2.24, 2.45) is 0 Å². The van der Waals surface area contributed by atoms with Crippen molar-refractivity contribution in [2.75, 3.05) is 12.3 Å². The molecule has 78 valence electrons. The molecule has 1 amide bonds. The van der Waals surface area contributed by atoms with Crippen molar-refractivity contribution in [3.8, 4) is 0 Å². The van der Waals surface area contributed by atoms with Gasteiger partial charge in [-0.1, -0.05) is 0 Å². The van der Waals surface area contributed by atoms with Crippen LogP contribution in [-0.2, 0) is 0 Å². The van der Waals surface area contributed by atoms with Crippen molar-refractivity contribution in [3.63, 3.8) is 0 Å². The van der Waals surface area contributed by atoms with Gasteiger partial charge >= 0.3 is 0 Å². The van der Waals surface area contributed by atoms with E-state index in [2.05, 4.69) is 33.4 Å². The Kier molecular flexibility index (Phi) is 2.86. The Hall–Kier alpha value is -1.56. The van der Waals surface area contributed by atoms with E-state index in [9.17, 15) is 4.79 Å². The van der Waals surface area contributed by atoms with Gasteiger partial charge in [-0.3, -0.25) is 4.79 Å². The normalized spacial score (nSPS) is 10.5. The number of nitrogens with zero attached hydrogens (tertiary/aromatic N) is 2. The highest BCUT2D eigenvalue weighted by molar-refractivity contribution is 7.80. The Morgan fingerprint density at radius 3 is 3.00 bits per heavy atom. The molecule has 2 N–H and O–H groups in total.